The summed E-state index contributed by atoms with van der Waals surface area (Å²) in [6.07, 6.45) is 1.45. The van der Waals surface area contributed by atoms with Crippen molar-refractivity contribution in [2.24, 2.45) is 5.92 Å². The molecule has 2 rings (SSSR count). The van der Waals surface area contributed by atoms with Gasteiger partial charge in [0.15, 0.2) is 0 Å². The number of likely N-dealkylation sites (tertiary alicyclic amines) is 1. The molecule has 1 atom stereocenters. The Bertz CT molecular complexity index is 385. The molecule has 1 saturated heterocycles. The van der Waals surface area contributed by atoms with Crippen LogP contribution in [0.25, 0.3) is 0 Å². The van der Waals surface area contributed by atoms with Crippen LogP contribution in [0.2, 0.25) is 0 Å². The summed E-state index contributed by atoms with van der Waals surface area (Å²) in [6, 6.07) is 9.92. The maximum absolute atomic E-state index is 11.1. The van der Waals surface area contributed by atoms with Gasteiger partial charge in [0.25, 0.3) is 0 Å². The zero-order valence-corrected chi connectivity index (χ0v) is 11.9. The molecule has 1 aliphatic rings. The first-order valence-corrected chi connectivity index (χ1v) is 7.20. The van der Waals surface area contributed by atoms with Crippen LogP contribution in [-0.2, 0) is 5.60 Å². The minimum Gasteiger partial charge on any atom is -0.393 e. The molecule has 3 heteroatoms. The van der Waals surface area contributed by atoms with Crippen molar-refractivity contribution in [2.45, 2.75) is 38.4 Å². The maximum Gasteiger partial charge on any atom is 0.104 e. The number of aliphatic hydroxyl groups is 2. The lowest BCUT2D eigenvalue weighted by Gasteiger charge is -2.40. The Labute approximate surface area is 115 Å². The van der Waals surface area contributed by atoms with Gasteiger partial charge in [-0.05, 0) is 24.3 Å². The van der Waals surface area contributed by atoms with Gasteiger partial charge in [0.1, 0.15) is 5.60 Å². The van der Waals surface area contributed by atoms with Crippen LogP contribution in [0.1, 0.15) is 32.3 Å². The van der Waals surface area contributed by atoms with Crippen LogP contribution in [0.3, 0.4) is 0 Å². The number of benzene rings is 1. The lowest BCUT2D eigenvalue weighted by Crippen LogP contribution is -2.47. The summed E-state index contributed by atoms with van der Waals surface area (Å²) in [6.45, 7) is 6.49. The predicted molar refractivity (Wildman–Crippen MR) is 76.9 cm³/mol. The van der Waals surface area contributed by atoms with Crippen molar-refractivity contribution >= 4 is 0 Å². The van der Waals surface area contributed by atoms with E-state index >= 15 is 0 Å². The number of rotatable bonds is 4. The summed E-state index contributed by atoms with van der Waals surface area (Å²) in [5.74, 6) is 0.154. The highest BCUT2D eigenvalue weighted by Gasteiger charge is 2.35. The number of piperidine rings is 1. The van der Waals surface area contributed by atoms with Gasteiger partial charge >= 0.3 is 0 Å². The first kappa shape index (κ1) is 14.5. The second kappa shape index (κ2) is 6.04. The molecule has 1 aliphatic heterocycles. The monoisotopic (exact) mass is 263 g/mol. The SMILES string of the molecule is CC(C)[C@](O)(CN1CCC(O)CC1)c1ccccc1. The second-order valence-electron chi connectivity index (χ2n) is 5.95. The molecular weight excluding hydrogens is 238 g/mol. The van der Waals surface area contributed by atoms with Crippen molar-refractivity contribution in [1.29, 1.82) is 0 Å². The van der Waals surface area contributed by atoms with Crippen LogP contribution in [-0.4, -0.2) is 40.9 Å². The average Bonchev–Trinajstić information content (AvgIpc) is 2.42. The van der Waals surface area contributed by atoms with Crippen LogP contribution in [0, 0.1) is 5.92 Å². The quantitative estimate of drug-likeness (QED) is 0.873. The molecule has 0 amide bonds. The number of aliphatic hydroxyl groups excluding tert-OH is 1. The predicted octanol–water partition coefficient (Wildman–Crippen LogP) is 1.99. The summed E-state index contributed by atoms with van der Waals surface area (Å²) in [4.78, 5) is 2.26. The first-order chi connectivity index (χ1) is 9.02. The Morgan fingerprint density at radius 2 is 1.79 bits per heavy atom. The van der Waals surface area contributed by atoms with Gasteiger partial charge in [0.05, 0.1) is 6.10 Å². The van der Waals surface area contributed by atoms with Gasteiger partial charge in [-0.2, -0.15) is 0 Å². The second-order valence-corrected chi connectivity index (χ2v) is 5.95. The fourth-order valence-corrected chi connectivity index (χ4v) is 2.75. The highest BCUT2D eigenvalue weighted by atomic mass is 16.3. The fraction of sp³-hybridized carbons (Fsp3) is 0.625. The van der Waals surface area contributed by atoms with Crippen LogP contribution in [0.15, 0.2) is 30.3 Å². The van der Waals surface area contributed by atoms with Gasteiger partial charge < -0.3 is 10.2 Å². The smallest absolute Gasteiger partial charge is 0.104 e. The average molecular weight is 263 g/mol. The van der Waals surface area contributed by atoms with Crippen molar-refractivity contribution in [2.75, 3.05) is 19.6 Å². The molecule has 0 aliphatic carbocycles. The van der Waals surface area contributed by atoms with Crippen LogP contribution < -0.4 is 0 Å². The van der Waals surface area contributed by atoms with Gasteiger partial charge in [-0.3, -0.25) is 4.90 Å². The van der Waals surface area contributed by atoms with Crippen molar-refractivity contribution < 1.29 is 10.2 Å². The molecule has 106 valence electrons. The van der Waals surface area contributed by atoms with E-state index in [9.17, 15) is 10.2 Å². The van der Waals surface area contributed by atoms with E-state index in [1.165, 1.54) is 0 Å². The number of hydrogen-bond acceptors (Lipinski definition) is 3. The van der Waals surface area contributed by atoms with Gasteiger partial charge in [-0.15, -0.1) is 0 Å². The molecule has 0 bridgehead atoms. The third kappa shape index (κ3) is 3.35. The summed E-state index contributed by atoms with van der Waals surface area (Å²) in [5.41, 5.74) is 0.167. The Morgan fingerprint density at radius 1 is 1.21 bits per heavy atom. The molecule has 3 nitrogen and oxygen atoms in total. The molecule has 1 aromatic rings. The van der Waals surface area contributed by atoms with Crippen LogP contribution in [0.5, 0.6) is 0 Å². The van der Waals surface area contributed by atoms with Gasteiger partial charge in [-0.25, -0.2) is 0 Å². The summed E-state index contributed by atoms with van der Waals surface area (Å²) in [5, 5.41) is 20.6. The maximum atomic E-state index is 11.1. The van der Waals surface area contributed by atoms with E-state index in [0.29, 0.717) is 6.54 Å². The number of nitrogens with zero attached hydrogens (tertiary/aromatic N) is 1. The standard InChI is InChI=1S/C16H25NO2/c1-13(2)16(19,14-6-4-3-5-7-14)12-17-10-8-15(18)9-11-17/h3-7,13,15,18-19H,8-12H2,1-2H3/t16-/m1/s1. The molecule has 1 heterocycles. The van der Waals surface area contributed by atoms with E-state index in [1.54, 1.807) is 0 Å². The van der Waals surface area contributed by atoms with Crippen LogP contribution in [0.4, 0.5) is 0 Å². The lowest BCUT2D eigenvalue weighted by atomic mass is 9.82. The molecule has 19 heavy (non-hydrogen) atoms. The Kier molecular flexibility index (Phi) is 4.61. The van der Waals surface area contributed by atoms with E-state index in [4.69, 9.17) is 0 Å². The topological polar surface area (TPSA) is 43.7 Å². The molecule has 0 spiro atoms. The van der Waals surface area contributed by atoms with Crippen molar-refractivity contribution in [3.05, 3.63) is 35.9 Å². The Hall–Kier alpha value is -0.900. The Balaban J connectivity index is 2.12. The Morgan fingerprint density at radius 3 is 2.32 bits per heavy atom. The zero-order valence-electron chi connectivity index (χ0n) is 11.9. The first-order valence-electron chi connectivity index (χ1n) is 7.20. The highest BCUT2D eigenvalue weighted by molar-refractivity contribution is 5.23. The van der Waals surface area contributed by atoms with Gasteiger partial charge in [-0.1, -0.05) is 44.2 Å². The van der Waals surface area contributed by atoms with E-state index in [1.807, 2.05) is 30.3 Å². The van der Waals surface area contributed by atoms with E-state index in [0.717, 1.165) is 31.5 Å². The fourth-order valence-electron chi connectivity index (χ4n) is 2.75. The van der Waals surface area contributed by atoms with Gasteiger partial charge in [0.2, 0.25) is 0 Å². The lowest BCUT2D eigenvalue weighted by molar-refractivity contribution is -0.0515. The normalized spacial score (nSPS) is 21.5. The van der Waals surface area contributed by atoms with E-state index in [-0.39, 0.29) is 12.0 Å². The minimum absolute atomic E-state index is 0.154. The van der Waals surface area contributed by atoms with Crippen molar-refractivity contribution in [1.82, 2.24) is 4.90 Å². The van der Waals surface area contributed by atoms with Crippen molar-refractivity contribution in [3.63, 3.8) is 0 Å². The van der Waals surface area contributed by atoms with E-state index < -0.39 is 5.60 Å². The summed E-state index contributed by atoms with van der Waals surface area (Å²) in [7, 11) is 0. The highest BCUT2D eigenvalue weighted by Crippen LogP contribution is 2.31. The molecule has 0 unspecified atom stereocenters. The zero-order chi connectivity index (χ0) is 13.9. The number of hydrogen-bond donors (Lipinski definition) is 2. The molecule has 0 saturated carbocycles. The third-order valence-corrected chi connectivity index (χ3v) is 4.25. The van der Waals surface area contributed by atoms with E-state index in [2.05, 4.69) is 18.7 Å². The van der Waals surface area contributed by atoms with Gasteiger partial charge in [0, 0.05) is 19.6 Å². The van der Waals surface area contributed by atoms with Crippen molar-refractivity contribution in [3.8, 4) is 0 Å². The molecule has 1 aromatic carbocycles. The summed E-state index contributed by atoms with van der Waals surface area (Å²) < 4.78 is 0. The molecule has 0 radical (unpaired) electrons. The number of β-amino-alcohol motifs (C(OH)–C–C–N with tert-alkyl or cyclic N) is 1. The molecule has 0 aromatic heterocycles. The molecular formula is C16H25NO2. The molecule has 2 N–H and O–H groups in total. The third-order valence-electron chi connectivity index (χ3n) is 4.25. The summed E-state index contributed by atoms with van der Waals surface area (Å²) >= 11 is 0. The van der Waals surface area contributed by atoms with Crippen LogP contribution >= 0.6 is 0 Å². The molecule has 1 fully saturated rings. The minimum atomic E-state index is -0.816. The largest absolute Gasteiger partial charge is 0.393 e.